The molecule has 24 heavy (non-hydrogen) atoms. The van der Waals surface area contributed by atoms with E-state index in [4.69, 9.17) is 9.26 Å². The molecule has 2 aliphatic rings. The lowest BCUT2D eigenvalue weighted by molar-refractivity contribution is -0.128. The van der Waals surface area contributed by atoms with E-state index in [1.807, 2.05) is 0 Å². The van der Waals surface area contributed by atoms with Gasteiger partial charge in [-0.3, -0.25) is 10.1 Å². The molecule has 3 heterocycles. The molecule has 2 fully saturated rings. The minimum Gasteiger partial charge on any atom is -0.381 e. The summed E-state index contributed by atoms with van der Waals surface area (Å²) < 4.78 is 10.3. The number of aromatic nitrogens is 1. The van der Waals surface area contributed by atoms with Gasteiger partial charge in [0.1, 0.15) is 0 Å². The Labute approximate surface area is 140 Å². The van der Waals surface area contributed by atoms with Gasteiger partial charge in [-0.15, -0.1) is 0 Å². The minimum atomic E-state index is -0.194. The van der Waals surface area contributed by atoms with Crippen molar-refractivity contribution in [1.82, 2.24) is 15.4 Å². The largest absolute Gasteiger partial charge is 0.381 e. The van der Waals surface area contributed by atoms with E-state index in [0.29, 0.717) is 32.2 Å². The van der Waals surface area contributed by atoms with Gasteiger partial charge < -0.3 is 19.5 Å². The topological polar surface area (TPSA) is 96.7 Å². The van der Waals surface area contributed by atoms with Crippen LogP contribution in [-0.2, 0) is 9.53 Å². The first-order valence-corrected chi connectivity index (χ1v) is 8.49. The van der Waals surface area contributed by atoms with Crippen molar-refractivity contribution in [1.29, 1.82) is 0 Å². The van der Waals surface area contributed by atoms with Crippen LogP contribution in [0, 0.1) is 12.8 Å². The standard InChI is InChI=1S/C16H24N4O4/c1-11-10-14(24-19-11)18-16(22)20-6-2-13(3-7-20)17-15(21)12-4-8-23-9-5-12/h10,12-13H,2-9H2,1H3,(H,17,21)(H,18,22). The fraction of sp³-hybridized carbons (Fsp3) is 0.688. The maximum Gasteiger partial charge on any atom is 0.324 e. The van der Waals surface area contributed by atoms with Crippen molar-refractivity contribution in [2.75, 3.05) is 31.6 Å². The highest BCUT2D eigenvalue weighted by Gasteiger charge is 2.27. The third-order valence-electron chi connectivity index (χ3n) is 4.58. The number of carbonyl (C=O) groups is 2. The molecule has 0 aliphatic carbocycles. The molecule has 132 valence electrons. The summed E-state index contributed by atoms with van der Waals surface area (Å²) in [6.45, 7) is 4.34. The summed E-state index contributed by atoms with van der Waals surface area (Å²) in [5.74, 6) is 0.542. The Morgan fingerprint density at radius 1 is 1.21 bits per heavy atom. The van der Waals surface area contributed by atoms with Crippen LogP contribution in [0.4, 0.5) is 10.7 Å². The van der Waals surface area contributed by atoms with Crippen LogP contribution in [0.5, 0.6) is 0 Å². The van der Waals surface area contributed by atoms with E-state index in [1.165, 1.54) is 0 Å². The van der Waals surface area contributed by atoms with Crippen LogP contribution in [0.3, 0.4) is 0 Å². The van der Waals surface area contributed by atoms with Crippen molar-refractivity contribution >= 4 is 17.8 Å². The van der Waals surface area contributed by atoms with Crippen LogP contribution in [0.2, 0.25) is 0 Å². The molecule has 0 atom stereocenters. The fourth-order valence-electron chi connectivity index (χ4n) is 3.11. The quantitative estimate of drug-likeness (QED) is 0.872. The predicted molar refractivity (Wildman–Crippen MR) is 86.5 cm³/mol. The molecule has 8 nitrogen and oxygen atoms in total. The first-order chi connectivity index (χ1) is 11.6. The number of nitrogens with zero attached hydrogens (tertiary/aromatic N) is 2. The Hall–Kier alpha value is -2.09. The molecule has 1 aromatic heterocycles. The third kappa shape index (κ3) is 4.25. The van der Waals surface area contributed by atoms with Crippen LogP contribution in [0.25, 0.3) is 0 Å². The Morgan fingerprint density at radius 3 is 2.54 bits per heavy atom. The highest BCUT2D eigenvalue weighted by molar-refractivity contribution is 5.88. The number of amides is 3. The van der Waals surface area contributed by atoms with Crippen molar-refractivity contribution < 1.29 is 18.8 Å². The minimum absolute atomic E-state index is 0.0646. The van der Waals surface area contributed by atoms with E-state index in [0.717, 1.165) is 31.4 Å². The summed E-state index contributed by atoms with van der Waals surface area (Å²) in [6.07, 6.45) is 3.11. The normalized spacial score (nSPS) is 20.0. The first kappa shape index (κ1) is 16.8. The Balaban J connectivity index is 1.41. The second kappa shape index (κ2) is 7.65. The molecule has 0 saturated carbocycles. The average Bonchev–Trinajstić information content (AvgIpc) is 3.01. The van der Waals surface area contributed by atoms with E-state index >= 15 is 0 Å². The number of urea groups is 1. The summed E-state index contributed by atoms with van der Waals surface area (Å²) in [7, 11) is 0. The van der Waals surface area contributed by atoms with Crippen molar-refractivity contribution in [3.63, 3.8) is 0 Å². The van der Waals surface area contributed by atoms with Crippen LogP contribution < -0.4 is 10.6 Å². The van der Waals surface area contributed by atoms with Crippen molar-refractivity contribution in [2.24, 2.45) is 5.92 Å². The van der Waals surface area contributed by atoms with Crippen molar-refractivity contribution in [2.45, 2.75) is 38.6 Å². The zero-order valence-electron chi connectivity index (χ0n) is 13.9. The number of hydrogen-bond donors (Lipinski definition) is 2. The van der Waals surface area contributed by atoms with Crippen LogP contribution in [-0.4, -0.2) is 54.3 Å². The van der Waals surface area contributed by atoms with E-state index in [9.17, 15) is 9.59 Å². The molecule has 8 heteroatoms. The summed E-state index contributed by atoms with van der Waals surface area (Å²) in [6, 6.07) is 1.62. The number of carbonyl (C=O) groups excluding carboxylic acids is 2. The zero-order chi connectivity index (χ0) is 16.9. The number of aryl methyl sites for hydroxylation is 1. The Bertz CT molecular complexity index is 574. The molecular weight excluding hydrogens is 312 g/mol. The number of ether oxygens (including phenoxy) is 1. The summed E-state index contributed by atoms with van der Waals surface area (Å²) in [5.41, 5.74) is 0.722. The molecule has 0 unspecified atom stereocenters. The van der Waals surface area contributed by atoms with E-state index < -0.39 is 0 Å². The second-order valence-electron chi connectivity index (χ2n) is 6.42. The maximum atomic E-state index is 12.2. The average molecular weight is 336 g/mol. The summed E-state index contributed by atoms with van der Waals surface area (Å²) in [5, 5.41) is 9.56. The lowest BCUT2D eigenvalue weighted by Crippen LogP contribution is -2.49. The van der Waals surface area contributed by atoms with Gasteiger partial charge in [0.25, 0.3) is 0 Å². The number of piperidine rings is 1. The molecule has 0 spiro atoms. The molecule has 0 aromatic carbocycles. The van der Waals surface area contributed by atoms with Gasteiger partial charge in [-0.05, 0) is 32.6 Å². The van der Waals surface area contributed by atoms with Crippen LogP contribution in [0.15, 0.2) is 10.6 Å². The molecule has 0 radical (unpaired) electrons. The second-order valence-corrected chi connectivity index (χ2v) is 6.42. The fourth-order valence-corrected chi connectivity index (χ4v) is 3.11. The van der Waals surface area contributed by atoms with Crippen molar-refractivity contribution in [3.8, 4) is 0 Å². The van der Waals surface area contributed by atoms with E-state index in [1.54, 1.807) is 17.9 Å². The Morgan fingerprint density at radius 2 is 1.92 bits per heavy atom. The SMILES string of the molecule is Cc1cc(NC(=O)N2CCC(NC(=O)C3CCOCC3)CC2)on1. The molecule has 0 bridgehead atoms. The number of nitrogens with one attached hydrogen (secondary N) is 2. The number of rotatable bonds is 3. The molecular formula is C16H24N4O4. The molecule has 2 N–H and O–H groups in total. The third-order valence-corrected chi connectivity index (χ3v) is 4.58. The van der Waals surface area contributed by atoms with Crippen molar-refractivity contribution in [3.05, 3.63) is 11.8 Å². The van der Waals surface area contributed by atoms with Crippen LogP contribution >= 0.6 is 0 Å². The van der Waals surface area contributed by atoms with Gasteiger partial charge in [0.05, 0.1) is 5.69 Å². The van der Waals surface area contributed by atoms with E-state index in [2.05, 4.69) is 15.8 Å². The van der Waals surface area contributed by atoms with Crippen LogP contribution in [0.1, 0.15) is 31.4 Å². The summed E-state index contributed by atoms with van der Waals surface area (Å²) in [4.78, 5) is 26.2. The number of anilines is 1. The summed E-state index contributed by atoms with van der Waals surface area (Å²) >= 11 is 0. The molecule has 2 aliphatic heterocycles. The first-order valence-electron chi connectivity index (χ1n) is 8.49. The molecule has 3 amide bonds. The lowest BCUT2D eigenvalue weighted by Gasteiger charge is -2.33. The van der Waals surface area contributed by atoms with Gasteiger partial charge in [0, 0.05) is 44.3 Å². The predicted octanol–water partition coefficient (Wildman–Crippen LogP) is 1.52. The van der Waals surface area contributed by atoms with Gasteiger partial charge >= 0.3 is 6.03 Å². The highest BCUT2D eigenvalue weighted by atomic mass is 16.5. The Kier molecular flexibility index (Phi) is 5.34. The van der Waals surface area contributed by atoms with Gasteiger partial charge in [0.2, 0.25) is 11.8 Å². The highest BCUT2D eigenvalue weighted by Crippen LogP contribution is 2.18. The monoisotopic (exact) mass is 336 g/mol. The smallest absolute Gasteiger partial charge is 0.324 e. The van der Waals surface area contributed by atoms with Gasteiger partial charge in [-0.25, -0.2) is 4.79 Å². The van der Waals surface area contributed by atoms with Gasteiger partial charge in [-0.2, -0.15) is 0 Å². The van der Waals surface area contributed by atoms with E-state index in [-0.39, 0.29) is 23.9 Å². The van der Waals surface area contributed by atoms with Gasteiger partial charge in [-0.1, -0.05) is 5.16 Å². The molecule has 2 saturated heterocycles. The number of likely N-dealkylation sites (tertiary alicyclic amines) is 1. The van der Waals surface area contributed by atoms with Gasteiger partial charge in [0.15, 0.2) is 0 Å². The molecule has 1 aromatic rings. The maximum absolute atomic E-state index is 12.2. The zero-order valence-corrected chi connectivity index (χ0v) is 13.9. The number of hydrogen-bond acceptors (Lipinski definition) is 5. The lowest BCUT2D eigenvalue weighted by atomic mass is 9.97. The molecule has 3 rings (SSSR count).